The maximum atomic E-state index is 13.2. The summed E-state index contributed by atoms with van der Waals surface area (Å²) in [5, 5.41) is 4.51. The highest BCUT2D eigenvalue weighted by atomic mass is 19.2. The van der Waals surface area contributed by atoms with Crippen LogP contribution in [0, 0.1) is 17.6 Å². The zero-order valence-corrected chi connectivity index (χ0v) is 16.3. The van der Waals surface area contributed by atoms with Crippen molar-refractivity contribution in [1.29, 1.82) is 0 Å². The molecule has 1 fully saturated rings. The number of carbonyl (C=O) groups is 1. The van der Waals surface area contributed by atoms with Gasteiger partial charge in [-0.2, -0.15) is 5.10 Å². The minimum Gasteiger partial charge on any atom is -0.493 e. The molecule has 2 heterocycles. The van der Waals surface area contributed by atoms with E-state index in [1.807, 2.05) is 31.9 Å². The second-order valence-electron chi connectivity index (χ2n) is 7.16. The molecule has 6 nitrogen and oxygen atoms in total. The van der Waals surface area contributed by atoms with E-state index in [-0.39, 0.29) is 23.7 Å². The van der Waals surface area contributed by atoms with Gasteiger partial charge in [-0.25, -0.2) is 8.78 Å². The van der Waals surface area contributed by atoms with Crippen molar-refractivity contribution in [2.75, 3.05) is 26.3 Å². The number of aryl methyl sites for hydroxylation is 1. The summed E-state index contributed by atoms with van der Waals surface area (Å²) in [4.78, 5) is 14.1. The number of ether oxygens (including phenoxy) is 2. The molecule has 1 aliphatic rings. The summed E-state index contributed by atoms with van der Waals surface area (Å²) in [6.45, 7) is 5.63. The Morgan fingerprint density at radius 2 is 2.11 bits per heavy atom. The molecular formula is C20H25F2N3O3. The van der Waals surface area contributed by atoms with Crippen molar-refractivity contribution in [3.63, 3.8) is 0 Å². The highest BCUT2D eigenvalue weighted by Crippen LogP contribution is 2.23. The lowest BCUT2D eigenvalue weighted by atomic mass is 10.1. The van der Waals surface area contributed by atoms with Gasteiger partial charge in [0.25, 0.3) is 0 Å². The van der Waals surface area contributed by atoms with Crippen molar-refractivity contribution in [3.8, 4) is 5.75 Å². The molecule has 1 aromatic carbocycles. The molecule has 3 rings (SSSR count). The summed E-state index contributed by atoms with van der Waals surface area (Å²) < 4.78 is 39.2. The zero-order valence-electron chi connectivity index (χ0n) is 16.3. The van der Waals surface area contributed by atoms with E-state index in [1.54, 1.807) is 4.68 Å². The predicted octanol–water partition coefficient (Wildman–Crippen LogP) is 2.88. The monoisotopic (exact) mass is 393 g/mol. The minimum absolute atomic E-state index is 0.0495. The Morgan fingerprint density at radius 3 is 2.82 bits per heavy atom. The van der Waals surface area contributed by atoms with Gasteiger partial charge >= 0.3 is 0 Å². The molecule has 1 saturated heterocycles. The smallest absolute Gasteiger partial charge is 0.225 e. The van der Waals surface area contributed by atoms with Crippen molar-refractivity contribution in [1.82, 2.24) is 14.7 Å². The van der Waals surface area contributed by atoms with E-state index in [0.29, 0.717) is 32.7 Å². The third kappa shape index (κ3) is 4.67. The summed E-state index contributed by atoms with van der Waals surface area (Å²) in [5.74, 6) is -1.49. The number of aromatic nitrogens is 2. The van der Waals surface area contributed by atoms with Crippen LogP contribution in [0.1, 0.15) is 31.3 Å². The molecule has 152 valence electrons. The van der Waals surface area contributed by atoms with Gasteiger partial charge in [0, 0.05) is 37.7 Å². The van der Waals surface area contributed by atoms with Crippen molar-refractivity contribution < 1.29 is 23.0 Å². The topological polar surface area (TPSA) is 56.6 Å². The number of nitrogens with zero attached hydrogens (tertiary/aromatic N) is 3. The Bertz CT molecular complexity index is 838. The summed E-state index contributed by atoms with van der Waals surface area (Å²) in [7, 11) is 1.83. The zero-order chi connectivity index (χ0) is 20.3. The SMILES string of the molecule is CC(C)C(=O)N1CCO[C@H](c2cc(CCOc3ccc(F)c(F)c3)n(C)n2)C1. The number of halogens is 2. The maximum absolute atomic E-state index is 13.2. The van der Waals surface area contributed by atoms with Gasteiger partial charge in [0.2, 0.25) is 5.91 Å². The van der Waals surface area contributed by atoms with Crippen molar-refractivity contribution in [2.45, 2.75) is 26.4 Å². The summed E-state index contributed by atoms with van der Waals surface area (Å²) >= 11 is 0. The average molecular weight is 393 g/mol. The molecule has 0 N–H and O–H groups in total. The van der Waals surface area contributed by atoms with E-state index < -0.39 is 11.6 Å². The lowest BCUT2D eigenvalue weighted by Crippen LogP contribution is -2.44. The third-order valence-electron chi connectivity index (χ3n) is 4.72. The number of benzene rings is 1. The van der Waals surface area contributed by atoms with Crippen LogP contribution in [-0.2, 0) is 23.0 Å². The summed E-state index contributed by atoms with van der Waals surface area (Å²) in [6.07, 6.45) is 0.285. The lowest BCUT2D eigenvalue weighted by molar-refractivity contribution is -0.142. The molecule has 2 aromatic rings. The molecule has 0 aliphatic carbocycles. The fourth-order valence-electron chi connectivity index (χ4n) is 3.16. The first-order valence-corrected chi connectivity index (χ1v) is 9.36. The number of morpholine rings is 1. The molecular weight excluding hydrogens is 368 g/mol. The van der Waals surface area contributed by atoms with E-state index >= 15 is 0 Å². The average Bonchev–Trinajstić information content (AvgIpc) is 3.05. The van der Waals surface area contributed by atoms with Gasteiger partial charge < -0.3 is 14.4 Å². The van der Waals surface area contributed by atoms with Crippen LogP contribution in [0.25, 0.3) is 0 Å². The maximum Gasteiger partial charge on any atom is 0.225 e. The standard InChI is InChI=1S/C20H25F2N3O3/c1-13(2)20(26)25-7-9-28-19(12-25)18-10-14(24(3)23-18)6-8-27-15-4-5-16(21)17(22)11-15/h4-5,10-11,13,19H,6-9,12H2,1-3H3/t19-/m0/s1. The second kappa shape index (κ2) is 8.68. The van der Waals surface area contributed by atoms with Crippen LogP contribution in [0.15, 0.2) is 24.3 Å². The van der Waals surface area contributed by atoms with Crippen LogP contribution in [0.4, 0.5) is 8.78 Å². The first-order valence-electron chi connectivity index (χ1n) is 9.36. The molecule has 0 radical (unpaired) electrons. The Balaban J connectivity index is 1.59. The molecule has 1 aromatic heterocycles. The number of amides is 1. The normalized spacial score (nSPS) is 17.2. The number of hydrogen-bond acceptors (Lipinski definition) is 4. The van der Waals surface area contributed by atoms with Gasteiger partial charge in [0.15, 0.2) is 11.6 Å². The molecule has 0 bridgehead atoms. The molecule has 1 atom stereocenters. The molecule has 0 unspecified atom stereocenters. The molecule has 0 saturated carbocycles. The van der Waals surface area contributed by atoms with Crippen LogP contribution < -0.4 is 4.74 Å². The Morgan fingerprint density at radius 1 is 1.32 bits per heavy atom. The van der Waals surface area contributed by atoms with E-state index in [4.69, 9.17) is 9.47 Å². The molecule has 1 amide bonds. The highest BCUT2D eigenvalue weighted by molar-refractivity contribution is 5.78. The van der Waals surface area contributed by atoms with Crippen molar-refractivity contribution in [2.24, 2.45) is 13.0 Å². The van der Waals surface area contributed by atoms with Gasteiger partial charge in [-0.05, 0) is 18.2 Å². The van der Waals surface area contributed by atoms with Crippen LogP contribution in [0.5, 0.6) is 5.75 Å². The third-order valence-corrected chi connectivity index (χ3v) is 4.72. The molecule has 0 spiro atoms. The highest BCUT2D eigenvalue weighted by Gasteiger charge is 2.28. The van der Waals surface area contributed by atoms with E-state index in [2.05, 4.69) is 5.10 Å². The molecule has 8 heteroatoms. The Hall–Kier alpha value is -2.48. The van der Waals surface area contributed by atoms with E-state index in [9.17, 15) is 13.6 Å². The summed E-state index contributed by atoms with van der Waals surface area (Å²) in [6, 6.07) is 5.39. The molecule has 1 aliphatic heterocycles. The minimum atomic E-state index is -0.935. The van der Waals surface area contributed by atoms with Crippen LogP contribution in [0.3, 0.4) is 0 Å². The first kappa shape index (κ1) is 20.3. The number of rotatable bonds is 6. The van der Waals surface area contributed by atoms with Crippen LogP contribution in [0.2, 0.25) is 0 Å². The van der Waals surface area contributed by atoms with E-state index in [1.165, 1.54) is 6.07 Å². The van der Waals surface area contributed by atoms with E-state index in [0.717, 1.165) is 23.5 Å². The predicted molar refractivity (Wildman–Crippen MR) is 98.9 cm³/mol. The van der Waals surface area contributed by atoms with Gasteiger partial charge in [0.05, 0.1) is 25.5 Å². The fraction of sp³-hybridized carbons (Fsp3) is 0.500. The Labute approximate surface area is 163 Å². The van der Waals surface area contributed by atoms with Crippen LogP contribution in [-0.4, -0.2) is 46.9 Å². The summed E-state index contributed by atoms with van der Waals surface area (Å²) in [5.41, 5.74) is 1.69. The first-order chi connectivity index (χ1) is 13.3. The van der Waals surface area contributed by atoms with Gasteiger partial charge in [-0.1, -0.05) is 13.8 Å². The van der Waals surface area contributed by atoms with Gasteiger partial charge in [0.1, 0.15) is 11.9 Å². The second-order valence-corrected chi connectivity index (χ2v) is 7.16. The van der Waals surface area contributed by atoms with Gasteiger partial charge in [-0.3, -0.25) is 9.48 Å². The van der Waals surface area contributed by atoms with Crippen LogP contribution >= 0.6 is 0 Å². The number of hydrogen-bond donors (Lipinski definition) is 0. The largest absolute Gasteiger partial charge is 0.493 e. The Kier molecular flexibility index (Phi) is 6.28. The van der Waals surface area contributed by atoms with Gasteiger partial charge in [-0.15, -0.1) is 0 Å². The van der Waals surface area contributed by atoms with Crippen molar-refractivity contribution >= 4 is 5.91 Å². The number of carbonyl (C=O) groups excluding carboxylic acids is 1. The lowest BCUT2D eigenvalue weighted by Gasteiger charge is -2.33. The fourth-order valence-corrected chi connectivity index (χ4v) is 3.16. The quantitative estimate of drug-likeness (QED) is 0.757. The van der Waals surface area contributed by atoms with Crippen molar-refractivity contribution in [3.05, 3.63) is 47.3 Å². The molecule has 28 heavy (non-hydrogen) atoms.